The van der Waals surface area contributed by atoms with Crippen LogP contribution in [0.5, 0.6) is 11.8 Å². The molecule has 3 fully saturated rings. The zero-order valence-corrected chi connectivity index (χ0v) is 22.4. The maximum absolute atomic E-state index is 10.3. The molecule has 7 rings (SSSR count). The Hall–Kier alpha value is -3.49. The first-order valence-electron chi connectivity index (χ1n) is 13.6. The van der Waals surface area contributed by atoms with Crippen molar-refractivity contribution < 1.29 is 9.84 Å². The van der Waals surface area contributed by atoms with Crippen molar-refractivity contribution in [2.45, 2.75) is 44.7 Å². The Balaban J connectivity index is 0.000000390. The predicted molar refractivity (Wildman–Crippen MR) is 152 cm³/mol. The number of methoxy groups -OCH3 is 1. The summed E-state index contributed by atoms with van der Waals surface area (Å²) in [5.74, 6) is 1.10. The van der Waals surface area contributed by atoms with Crippen LogP contribution in [0.2, 0.25) is 0 Å². The van der Waals surface area contributed by atoms with Crippen molar-refractivity contribution in [1.29, 1.82) is 0 Å². The maximum Gasteiger partial charge on any atom is 0.318 e. The highest BCUT2D eigenvalue weighted by atomic mass is 16.5. The quantitative estimate of drug-likeness (QED) is 0.414. The third-order valence-electron chi connectivity index (χ3n) is 8.07. The fourth-order valence-electron chi connectivity index (χ4n) is 6.12. The molecule has 5 heterocycles. The lowest BCUT2D eigenvalue weighted by molar-refractivity contribution is 0.380. The van der Waals surface area contributed by atoms with E-state index in [4.69, 9.17) is 19.7 Å². The van der Waals surface area contributed by atoms with Gasteiger partial charge in [-0.1, -0.05) is 24.3 Å². The number of aromatic nitrogens is 3. The summed E-state index contributed by atoms with van der Waals surface area (Å²) in [6, 6.07) is 12.9. The number of aromatic hydroxyl groups is 1. The molecule has 0 spiro atoms. The lowest BCUT2D eigenvalue weighted by Crippen LogP contribution is -2.51. The Morgan fingerprint density at radius 3 is 2.42 bits per heavy atom. The van der Waals surface area contributed by atoms with Crippen LogP contribution in [0.4, 0.5) is 5.82 Å². The molecule has 2 aromatic heterocycles. The highest BCUT2D eigenvalue weighted by molar-refractivity contribution is 6.01. The molecule has 8 nitrogen and oxygen atoms in total. The number of benzene rings is 2. The van der Waals surface area contributed by atoms with Gasteiger partial charge in [-0.2, -0.15) is 9.97 Å². The van der Waals surface area contributed by atoms with Crippen LogP contribution in [0, 0.1) is 6.92 Å². The van der Waals surface area contributed by atoms with Gasteiger partial charge in [0, 0.05) is 42.5 Å². The molecule has 0 radical (unpaired) electrons. The number of phenols is 1. The van der Waals surface area contributed by atoms with Crippen molar-refractivity contribution in [3.63, 3.8) is 0 Å². The summed E-state index contributed by atoms with van der Waals surface area (Å²) in [5.41, 5.74) is 3.46. The van der Waals surface area contributed by atoms with E-state index in [1.165, 1.54) is 38.8 Å². The van der Waals surface area contributed by atoms with Crippen LogP contribution < -0.4 is 15.0 Å². The monoisotopic (exact) mass is 512 g/mol. The van der Waals surface area contributed by atoms with Crippen LogP contribution in [0.15, 0.2) is 42.6 Å². The highest BCUT2D eigenvalue weighted by Gasteiger charge is 2.34. The molecule has 2 bridgehead atoms. The Kier molecular flexibility index (Phi) is 6.76. The van der Waals surface area contributed by atoms with Gasteiger partial charge >= 0.3 is 6.01 Å². The topological polar surface area (TPSA) is 86.6 Å². The Morgan fingerprint density at radius 1 is 1.00 bits per heavy atom. The summed E-state index contributed by atoms with van der Waals surface area (Å²) in [6.07, 6.45) is 7.10. The van der Waals surface area contributed by atoms with E-state index in [0.29, 0.717) is 18.1 Å². The lowest BCUT2D eigenvalue weighted by Gasteiger charge is -2.34. The number of hydrogen-bond donors (Lipinski definition) is 2. The summed E-state index contributed by atoms with van der Waals surface area (Å²) >= 11 is 0. The molecule has 0 amide bonds. The number of fused-ring (bicyclic) bond motifs is 4. The van der Waals surface area contributed by atoms with Crippen LogP contribution >= 0.6 is 0 Å². The molecule has 4 aromatic rings. The van der Waals surface area contributed by atoms with Gasteiger partial charge in [0.25, 0.3) is 0 Å². The lowest BCUT2D eigenvalue weighted by atomic mass is 9.97. The van der Waals surface area contributed by atoms with E-state index in [-0.39, 0.29) is 5.75 Å². The van der Waals surface area contributed by atoms with Gasteiger partial charge in [-0.05, 0) is 75.6 Å². The van der Waals surface area contributed by atoms with E-state index in [9.17, 15) is 5.11 Å². The van der Waals surface area contributed by atoms with Crippen molar-refractivity contribution in [3.05, 3.63) is 48.2 Å². The van der Waals surface area contributed by atoms with Gasteiger partial charge in [-0.3, -0.25) is 4.98 Å². The molecular formula is C30H36N6O2. The van der Waals surface area contributed by atoms with E-state index in [0.717, 1.165) is 57.4 Å². The first-order chi connectivity index (χ1) is 18.5. The number of likely N-dealkylation sites (tertiary alicyclic amines) is 1. The van der Waals surface area contributed by atoms with Crippen LogP contribution in [-0.4, -0.2) is 77.4 Å². The minimum Gasteiger partial charge on any atom is -0.508 e. The summed E-state index contributed by atoms with van der Waals surface area (Å²) in [6.45, 7) is 6.51. The van der Waals surface area contributed by atoms with Gasteiger partial charge in [0.15, 0.2) is 0 Å². The number of rotatable bonds is 3. The number of anilines is 1. The molecule has 198 valence electrons. The summed E-state index contributed by atoms with van der Waals surface area (Å²) in [5, 5.41) is 17.0. The molecule has 0 saturated carbocycles. The van der Waals surface area contributed by atoms with E-state index >= 15 is 0 Å². The molecule has 2 atom stereocenters. The molecule has 2 unspecified atom stereocenters. The third kappa shape index (κ3) is 4.74. The van der Waals surface area contributed by atoms with Crippen molar-refractivity contribution in [3.8, 4) is 23.0 Å². The van der Waals surface area contributed by atoms with Crippen LogP contribution in [0.1, 0.15) is 31.2 Å². The summed E-state index contributed by atoms with van der Waals surface area (Å²) < 4.78 is 5.49. The number of ether oxygens (including phenoxy) is 1. The van der Waals surface area contributed by atoms with Crippen LogP contribution in [0.3, 0.4) is 0 Å². The molecule has 0 aliphatic carbocycles. The smallest absolute Gasteiger partial charge is 0.318 e. The van der Waals surface area contributed by atoms with Gasteiger partial charge in [0.2, 0.25) is 0 Å². The van der Waals surface area contributed by atoms with Gasteiger partial charge in [0.1, 0.15) is 11.6 Å². The van der Waals surface area contributed by atoms with Crippen LogP contribution in [-0.2, 0) is 0 Å². The second-order valence-corrected chi connectivity index (χ2v) is 10.8. The second kappa shape index (κ2) is 10.3. The van der Waals surface area contributed by atoms with Crippen molar-refractivity contribution in [2.24, 2.45) is 0 Å². The molecule has 38 heavy (non-hydrogen) atoms. The third-order valence-corrected chi connectivity index (χ3v) is 8.07. The van der Waals surface area contributed by atoms with Gasteiger partial charge < -0.3 is 25.0 Å². The van der Waals surface area contributed by atoms with Gasteiger partial charge in [-0.25, -0.2) is 0 Å². The Labute approximate surface area is 223 Å². The van der Waals surface area contributed by atoms with E-state index in [1.54, 1.807) is 19.2 Å². The maximum atomic E-state index is 10.3. The number of phenolic OH excluding ortho intramolecular Hbond substituents is 1. The molecule has 3 saturated heterocycles. The van der Waals surface area contributed by atoms with Crippen molar-refractivity contribution >= 4 is 27.5 Å². The Bertz CT molecular complexity index is 1460. The first kappa shape index (κ1) is 24.8. The number of aryl methyl sites for hydroxylation is 1. The number of pyridine rings is 1. The number of hydrogen-bond acceptors (Lipinski definition) is 8. The SMILES string of the molecule is CN1CCCC1.COc1nc(N2CC3CCC(C2)N3)c2cnc(-c3cc(O)cc4ccccc34)c(C)c2n1. The van der Waals surface area contributed by atoms with E-state index < -0.39 is 0 Å². The fraction of sp³-hybridized carbons (Fsp3) is 0.433. The number of nitrogens with one attached hydrogen (secondary N) is 1. The fourth-order valence-corrected chi connectivity index (χ4v) is 6.12. The summed E-state index contributed by atoms with van der Waals surface area (Å²) in [7, 11) is 3.78. The number of nitrogens with zero attached hydrogens (tertiary/aromatic N) is 5. The van der Waals surface area contributed by atoms with Crippen molar-refractivity contribution in [2.75, 3.05) is 45.2 Å². The van der Waals surface area contributed by atoms with E-state index in [2.05, 4.69) is 28.2 Å². The molecule has 2 N–H and O–H groups in total. The first-order valence-corrected chi connectivity index (χ1v) is 13.6. The zero-order chi connectivity index (χ0) is 26.2. The molecule has 8 heteroatoms. The average molecular weight is 513 g/mol. The Morgan fingerprint density at radius 2 is 1.74 bits per heavy atom. The van der Waals surface area contributed by atoms with Crippen LogP contribution in [0.25, 0.3) is 32.9 Å². The van der Waals surface area contributed by atoms with E-state index in [1.807, 2.05) is 31.3 Å². The second-order valence-electron chi connectivity index (χ2n) is 10.8. The van der Waals surface area contributed by atoms with Gasteiger partial charge in [0.05, 0.1) is 23.7 Å². The standard InChI is InChI=1S/C25H25N5O2.C5H11N/c1-14-22(20-10-18(31)9-15-5-3-4-6-19(15)20)26-11-21-23(14)28-25(32-2)29-24(21)30-12-16-7-8-17(13-30)27-16;1-6-4-2-3-5-6/h3-6,9-11,16-17,27,31H,7-8,12-13H2,1-2H3;2-5H2,1H3. The predicted octanol–water partition coefficient (Wildman–Crippen LogP) is 4.52. The minimum absolute atomic E-state index is 0.220. The minimum atomic E-state index is 0.220. The molecule has 3 aliphatic rings. The van der Waals surface area contributed by atoms with Crippen molar-refractivity contribution in [1.82, 2.24) is 25.2 Å². The summed E-state index contributed by atoms with van der Waals surface area (Å²) in [4.78, 5) is 19.0. The highest BCUT2D eigenvalue weighted by Crippen LogP contribution is 2.37. The number of piperazine rings is 1. The molecule has 2 aromatic carbocycles. The average Bonchev–Trinajstić information content (AvgIpc) is 3.55. The zero-order valence-electron chi connectivity index (χ0n) is 22.4. The molecule has 3 aliphatic heterocycles. The molecular weight excluding hydrogens is 476 g/mol. The largest absolute Gasteiger partial charge is 0.508 e. The van der Waals surface area contributed by atoms with Gasteiger partial charge in [-0.15, -0.1) is 0 Å². The normalized spacial score (nSPS) is 21.1.